The van der Waals surface area contributed by atoms with Gasteiger partial charge >= 0.3 is 5.97 Å². The maximum atomic E-state index is 11.5. The molecule has 0 saturated carbocycles. The fourth-order valence-corrected chi connectivity index (χ4v) is 2.16. The number of nitrogens with zero attached hydrogens (tertiary/aromatic N) is 1. The van der Waals surface area contributed by atoms with E-state index in [1.54, 1.807) is 13.0 Å². The summed E-state index contributed by atoms with van der Waals surface area (Å²) in [6.07, 6.45) is 4.36. The molecule has 1 aliphatic rings. The third-order valence-corrected chi connectivity index (χ3v) is 3.40. The van der Waals surface area contributed by atoms with Gasteiger partial charge in [-0.25, -0.2) is 4.79 Å². The lowest BCUT2D eigenvalue weighted by molar-refractivity contribution is -0.138. The molecule has 0 radical (unpaired) electrons. The summed E-state index contributed by atoms with van der Waals surface area (Å²) < 4.78 is 10.6. The molecule has 4 nitrogen and oxygen atoms in total. The Labute approximate surface area is 109 Å². The van der Waals surface area contributed by atoms with Crippen molar-refractivity contribution in [3.63, 3.8) is 0 Å². The maximum Gasteiger partial charge on any atom is 0.348 e. The zero-order valence-corrected chi connectivity index (χ0v) is 11.4. The van der Waals surface area contributed by atoms with Gasteiger partial charge in [-0.05, 0) is 39.0 Å². The summed E-state index contributed by atoms with van der Waals surface area (Å²) >= 11 is 0. The zero-order valence-electron chi connectivity index (χ0n) is 11.4. The van der Waals surface area contributed by atoms with Crippen LogP contribution < -0.4 is 0 Å². The Balaban J connectivity index is 2.74. The highest BCUT2D eigenvalue weighted by Crippen LogP contribution is 2.32. The van der Waals surface area contributed by atoms with E-state index in [-0.39, 0.29) is 23.7 Å². The van der Waals surface area contributed by atoms with Gasteiger partial charge in [-0.2, -0.15) is 5.26 Å². The van der Waals surface area contributed by atoms with Gasteiger partial charge in [-0.1, -0.05) is 13.0 Å². The molecule has 1 saturated heterocycles. The Bertz CT molecular complexity index is 370. The van der Waals surface area contributed by atoms with Crippen LogP contribution in [0, 0.1) is 17.2 Å². The minimum atomic E-state index is -0.523. The number of carbonyl (C=O) groups excluding carboxylic acids is 1. The lowest BCUT2D eigenvalue weighted by Gasteiger charge is -2.36. The van der Waals surface area contributed by atoms with Crippen molar-refractivity contribution in [3.8, 4) is 6.07 Å². The van der Waals surface area contributed by atoms with Crippen LogP contribution in [0.25, 0.3) is 0 Å². The van der Waals surface area contributed by atoms with Crippen molar-refractivity contribution >= 4 is 5.97 Å². The third-order valence-electron chi connectivity index (χ3n) is 3.40. The van der Waals surface area contributed by atoms with Gasteiger partial charge in [0.25, 0.3) is 0 Å². The number of esters is 1. The van der Waals surface area contributed by atoms with Crippen molar-refractivity contribution in [2.24, 2.45) is 5.92 Å². The Morgan fingerprint density at radius 3 is 2.89 bits per heavy atom. The van der Waals surface area contributed by atoms with Gasteiger partial charge in [0.15, 0.2) is 0 Å². The average molecular weight is 251 g/mol. The number of carbonyl (C=O) groups is 1. The summed E-state index contributed by atoms with van der Waals surface area (Å²) in [4.78, 5) is 11.5. The van der Waals surface area contributed by atoms with Gasteiger partial charge in [0.05, 0.1) is 12.2 Å². The molecule has 0 spiro atoms. The van der Waals surface area contributed by atoms with Crippen LogP contribution >= 0.6 is 0 Å². The molecular formula is C14H21NO3. The fraction of sp³-hybridized carbons (Fsp3) is 0.714. The molecule has 0 N–H and O–H groups in total. The van der Waals surface area contributed by atoms with Crippen molar-refractivity contribution < 1.29 is 14.3 Å². The first-order valence-corrected chi connectivity index (χ1v) is 6.47. The Kier molecular flexibility index (Phi) is 5.36. The molecule has 1 heterocycles. The molecule has 0 aromatic heterocycles. The van der Waals surface area contributed by atoms with Gasteiger partial charge in [-0.15, -0.1) is 0 Å². The number of rotatable bonds is 4. The molecule has 0 aliphatic carbocycles. The minimum Gasteiger partial charge on any atom is -0.462 e. The molecular weight excluding hydrogens is 230 g/mol. The second kappa shape index (κ2) is 6.55. The molecule has 2 atom stereocenters. The topological polar surface area (TPSA) is 59.3 Å². The Morgan fingerprint density at radius 1 is 1.61 bits per heavy atom. The van der Waals surface area contributed by atoms with Crippen molar-refractivity contribution in [1.29, 1.82) is 5.26 Å². The first-order valence-electron chi connectivity index (χ1n) is 6.47. The van der Waals surface area contributed by atoms with Crippen molar-refractivity contribution in [3.05, 3.63) is 11.6 Å². The second-order valence-electron chi connectivity index (χ2n) is 4.82. The van der Waals surface area contributed by atoms with Gasteiger partial charge in [0, 0.05) is 6.61 Å². The van der Waals surface area contributed by atoms with E-state index >= 15 is 0 Å². The van der Waals surface area contributed by atoms with Crippen LogP contribution in [0.3, 0.4) is 0 Å². The van der Waals surface area contributed by atoms with Crippen molar-refractivity contribution in [2.75, 3.05) is 13.2 Å². The number of hydrogen-bond donors (Lipinski definition) is 0. The molecule has 1 aliphatic heterocycles. The number of ether oxygens (including phenoxy) is 2. The Morgan fingerprint density at radius 2 is 2.33 bits per heavy atom. The summed E-state index contributed by atoms with van der Waals surface area (Å²) in [5.41, 5.74) is -0.0311. The summed E-state index contributed by atoms with van der Waals surface area (Å²) in [6, 6.07) is 1.93. The molecule has 1 rings (SSSR count). The highest BCUT2D eigenvalue weighted by Gasteiger charge is 2.31. The van der Waals surface area contributed by atoms with Gasteiger partial charge in [-0.3, -0.25) is 0 Å². The molecule has 1 fully saturated rings. The van der Waals surface area contributed by atoms with Crippen LogP contribution in [-0.2, 0) is 14.3 Å². The predicted octanol–water partition coefficient (Wildman–Crippen LogP) is 2.59. The van der Waals surface area contributed by atoms with E-state index < -0.39 is 5.97 Å². The van der Waals surface area contributed by atoms with E-state index in [1.165, 1.54) is 0 Å². The van der Waals surface area contributed by atoms with E-state index in [9.17, 15) is 4.79 Å². The van der Waals surface area contributed by atoms with Crippen molar-refractivity contribution in [1.82, 2.24) is 0 Å². The first-order chi connectivity index (χ1) is 8.54. The standard InChI is InChI=1S/C14H21NO3/c1-4-14(3)9-11(6-7-18-14)8-12(10-15)13(16)17-5-2/h8,11H,4-7,9H2,1-3H3/b12-8+/t11-,14+/m0/s1. The van der Waals surface area contributed by atoms with Crippen LogP contribution in [0.2, 0.25) is 0 Å². The summed E-state index contributed by atoms with van der Waals surface area (Å²) in [5.74, 6) is -0.313. The lowest BCUT2D eigenvalue weighted by atomic mass is 9.84. The highest BCUT2D eigenvalue weighted by molar-refractivity contribution is 5.92. The highest BCUT2D eigenvalue weighted by atomic mass is 16.5. The summed E-state index contributed by atoms with van der Waals surface area (Å²) in [6.45, 7) is 6.85. The normalized spacial score (nSPS) is 28.6. The smallest absolute Gasteiger partial charge is 0.348 e. The van der Waals surface area contributed by atoms with Crippen LogP contribution in [-0.4, -0.2) is 24.8 Å². The minimum absolute atomic E-state index is 0.113. The summed E-state index contributed by atoms with van der Waals surface area (Å²) in [7, 11) is 0. The number of allylic oxidation sites excluding steroid dienone is 1. The van der Waals surface area contributed by atoms with Crippen LogP contribution in [0.1, 0.15) is 40.0 Å². The molecule has 0 bridgehead atoms. The molecule has 0 unspecified atom stereocenters. The van der Waals surface area contributed by atoms with E-state index in [0.29, 0.717) is 6.61 Å². The van der Waals surface area contributed by atoms with Crippen LogP contribution in [0.15, 0.2) is 11.6 Å². The van der Waals surface area contributed by atoms with Gasteiger partial charge in [0.1, 0.15) is 11.6 Å². The largest absolute Gasteiger partial charge is 0.462 e. The molecule has 0 amide bonds. The quantitative estimate of drug-likeness (QED) is 0.438. The predicted molar refractivity (Wildman–Crippen MR) is 67.7 cm³/mol. The molecule has 4 heteroatoms. The fourth-order valence-electron chi connectivity index (χ4n) is 2.16. The van der Waals surface area contributed by atoms with E-state index in [4.69, 9.17) is 14.7 Å². The van der Waals surface area contributed by atoms with E-state index in [1.807, 2.05) is 6.07 Å². The Hall–Kier alpha value is -1.34. The molecule has 0 aromatic carbocycles. The zero-order chi connectivity index (χ0) is 13.6. The molecule has 100 valence electrons. The molecule has 0 aromatic rings. The lowest BCUT2D eigenvalue weighted by Crippen LogP contribution is -2.36. The summed E-state index contributed by atoms with van der Waals surface area (Å²) in [5, 5.41) is 8.99. The van der Waals surface area contributed by atoms with E-state index in [2.05, 4.69) is 13.8 Å². The van der Waals surface area contributed by atoms with Gasteiger partial charge in [0.2, 0.25) is 0 Å². The average Bonchev–Trinajstić information content (AvgIpc) is 2.36. The van der Waals surface area contributed by atoms with Crippen molar-refractivity contribution in [2.45, 2.75) is 45.6 Å². The molecule has 18 heavy (non-hydrogen) atoms. The third kappa shape index (κ3) is 3.85. The number of hydrogen-bond acceptors (Lipinski definition) is 4. The SMILES string of the molecule is CCOC(=O)/C(C#N)=C/[C@@H]1CCO[C@](C)(CC)C1. The first kappa shape index (κ1) is 14.7. The monoisotopic (exact) mass is 251 g/mol. The van der Waals surface area contributed by atoms with Crippen LogP contribution in [0.4, 0.5) is 0 Å². The van der Waals surface area contributed by atoms with E-state index in [0.717, 1.165) is 19.3 Å². The van der Waals surface area contributed by atoms with Gasteiger partial charge < -0.3 is 9.47 Å². The maximum absolute atomic E-state index is 11.5. The second-order valence-corrected chi connectivity index (χ2v) is 4.82. The van der Waals surface area contributed by atoms with Crippen LogP contribution in [0.5, 0.6) is 0 Å². The number of nitriles is 1.